The first-order valence-corrected chi connectivity index (χ1v) is 9.88. The molecule has 2 fully saturated rings. The summed E-state index contributed by atoms with van der Waals surface area (Å²) in [5.74, 6) is 1.04. The van der Waals surface area contributed by atoms with E-state index in [-0.39, 0.29) is 11.9 Å². The highest BCUT2D eigenvalue weighted by Gasteiger charge is 2.26. The number of piperidine rings is 2. The highest BCUT2D eigenvalue weighted by molar-refractivity contribution is 5.97. The van der Waals surface area contributed by atoms with Crippen molar-refractivity contribution in [1.82, 2.24) is 9.80 Å². The van der Waals surface area contributed by atoms with E-state index in [1.807, 2.05) is 38.1 Å². The average molecular weight is 344 g/mol. The zero-order valence-corrected chi connectivity index (χ0v) is 15.7. The second-order valence-electron chi connectivity index (χ2n) is 7.72. The standard InChI is InChI=1S/C21H32N2O2/c1-17(2)25-20-8-6-18(7-9-20)21(24)16-22-14-10-19(11-15-22)23-12-4-3-5-13-23/h6-9,17,19H,3-5,10-16H2,1-2H3. The first kappa shape index (κ1) is 18.4. The summed E-state index contributed by atoms with van der Waals surface area (Å²) in [6, 6.07) is 8.31. The summed E-state index contributed by atoms with van der Waals surface area (Å²) in [5.41, 5.74) is 0.786. The van der Waals surface area contributed by atoms with Crippen LogP contribution in [0.3, 0.4) is 0 Å². The monoisotopic (exact) mass is 344 g/mol. The van der Waals surface area contributed by atoms with Crippen molar-refractivity contribution in [3.8, 4) is 5.75 Å². The van der Waals surface area contributed by atoms with Crippen molar-refractivity contribution < 1.29 is 9.53 Å². The number of Topliss-reactive ketones (excluding diaryl/α,β-unsaturated/α-hetero) is 1. The maximum Gasteiger partial charge on any atom is 0.176 e. The van der Waals surface area contributed by atoms with Crippen LogP contribution in [0.5, 0.6) is 5.75 Å². The van der Waals surface area contributed by atoms with Gasteiger partial charge in [0, 0.05) is 24.7 Å². The Hall–Kier alpha value is -1.39. The number of carbonyl (C=O) groups is 1. The number of nitrogens with zero attached hydrogens (tertiary/aromatic N) is 2. The van der Waals surface area contributed by atoms with Crippen LogP contribution in [0.4, 0.5) is 0 Å². The fraction of sp³-hybridized carbons (Fsp3) is 0.667. The molecular formula is C21H32N2O2. The van der Waals surface area contributed by atoms with Crippen molar-refractivity contribution in [1.29, 1.82) is 0 Å². The Bertz CT molecular complexity index is 542. The minimum Gasteiger partial charge on any atom is -0.491 e. The van der Waals surface area contributed by atoms with Gasteiger partial charge in [-0.05, 0) is 76.9 Å². The minimum atomic E-state index is 0.155. The van der Waals surface area contributed by atoms with Gasteiger partial charge < -0.3 is 9.64 Å². The summed E-state index contributed by atoms with van der Waals surface area (Å²) >= 11 is 0. The van der Waals surface area contributed by atoms with E-state index >= 15 is 0 Å². The van der Waals surface area contributed by atoms with Crippen LogP contribution >= 0.6 is 0 Å². The molecule has 2 aliphatic heterocycles. The van der Waals surface area contributed by atoms with E-state index in [0.717, 1.165) is 30.4 Å². The lowest BCUT2D eigenvalue weighted by Gasteiger charge is -2.40. The van der Waals surface area contributed by atoms with Crippen LogP contribution in [-0.2, 0) is 0 Å². The SMILES string of the molecule is CC(C)Oc1ccc(C(=O)CN2CCC(N3CCCCC3)CC2)cc1. The van der Waals surface area contributed by atoms with E-state index in [0.29, 0.717) is 6.54 Å². The maximum absolute atomic E-state index is 12.5. The smallest absolute Gasteiger partial charge is 0.176 e. The van der Waals surface area contributed by atoms with Crippen molar-refractivity contribution in [2.45, 2.75) is 58.1 Å². The molecule has 0 atom stereocenters. The molecule has 0 N–H and O–H groups in total. The number of ketones is 1. The molecule has 0 aliphatic carbocycles. The molecule has 0 spiro atoms. The van der Waals surface area contributed by atoms with E-state index in [9.17, 15) is 4.79 Å². The van der Waals surface area contributed by atoms with Gasteiger partial charge >= 0.3 is 0 Å². The predicted octanol–water partition coefficient (Wildman–Crippen LogP) is 3.61. The van der Waals surface area contributed by atoms with E-state index in [2.05, 4.69) is 9.80 Å². The largest absolute Gasteiger partial charge is 0.491 e. The van der Waals surface area contributed by atoms with Gasteiger partial charge in [0.15, 0.2) is 5.78 Å². The molecule has 138 valence electrons. The van der Waals surface area contributed by atoms with Crippen LogP contribution in [0.1, 0.15) is 56.3 Å². The number of rotatable bonds is 6. The second-order valence-corrected chi connectivity index (χ2v) is 7.72. The Balaban J connectivity index is 1.45. The molecule has 0 saturated carbocycles. The van der Waals surface area contributed by atoms with Crippen LogP contribution in [0.2, 0.25) is 0 Å². The molecule has 25 heavy (non-hydrogen) atoms. The van der Waals surface area contributed by atoms with Gasteiger partial charge in [0.2, 0.25) is 0 Å². The lowest BCUT2D eigenvalue weighted by atomic mass is 9.99. The van der Waals surface area contributed by atoms with Gasteiger partial charge in [-0.3, -0.25) is 9.69 Å². The quantitative estimate of drug-likeness (QED) is 0.738. The topological polar surface area (TPSA) is 32.8 Å². The van der Waals surface area contributed by atoms with Crippen LogP contribution < -0.4 is 4.74 Å². The summed E-state index contributed by atoms with van der Waals surface area (Å²) in [7, 11) is 0. The van der Waals surface area contributed by atoms with E-state index in [1.165, 1.54) is 45.2 Å². The fourth-order valence-corrected chi connectivity index (χ4v) is 4.01. The lowest BCUT2D eigenvalue weighted by Crippen LogP contribution is -2.47. The molecule has 0 aromatic heterocycles. The molecule has 2 saturated heterocycles. The number of hydrogen-bond acceptors (Lipinski definition) is 4. The number of benzene rings is 1. The summed E-state index contributed by atoms with van der Waals surface area (Å²) < 4.78 is 5.64. The number of carbonyl (C=O) groups excluding carboxylic acids is 1. The Morgan fingerprint density at radius 1 is 1.04 bits per heavy atom. The summed E-state index contributed by atoms with van der Waals surface area (Å²) in [6.45, 7) is 9.18. The molecule has 3 rings (SSSR count). The van der Waals surface area contributed by atoms with Crippen LogP contribution in [0, 0.1) is 0 Å². The molecule has 0 amide bonds. The van der Waals surface area contributed by atoms with E-state index in [4.69, 9.17) is 4.74 Å². The zero-order valence-electron chi connectivity index (χ0n) is 15.7. The highest BCUT2D eigenvalue weighted by atomic mass is 16.5. The van der Waals surface area contributed by atoms with Crippen molar-refractivity contribution in [3.63, 3.8) is 0 Å². The normalized spacial score (nSPS) is 20.8. The number of hydrogen-bond donors (Lipinski definition) is 0. The Labute approximate surface area is 152 Å². The first-order valence-electron chi connectivity index (χ1n) is 9.88. The van der Waals surface area contributed by atoms with Crippen LogP contribution in [-0.4, -0.2) is 60.5 Å². The Morgan fingerprint density at radius 2 is 1.68 bits per heavy atom. The van der Waals surface area contributed by atoms with Crippen molar-refractivity contribution in [2.75, 3.05) is 32.7 Å². The van der Waals surface area contributed by atoms with Crippen molar-refractivity contribution in [2.24, 2.45) is 0 Å². The maximum atomic E-state index is 12.5. The summed E-state index contributed by atoms with van der Waals surface area (Å²) in [6.07, 6.45) is 6.67. The van der Waals surface area contributed by atoms with Gasteiger partial charge in [0.05, 0.1) is 12.6 Å². The fourth-order valence-electron chi connectivity index (χ4n) is 4.01. The second kappa shape index (κ2) is 8.81. The van der Waals surface area contributed by atoms with Crippen LogP contribution in [0.15, 0.2) is 24.3 Å². The van der Waals surface area contributed by atoms with Gasteiger partial charge in [-0.25, -0.2) is 0 Å². The van der Waals surface area contributed by atoms with Gasteiger partial charge in [-0.1, -0.05) is 6.42 Å². The molecule has 0 radical (unpaired) electrons. The molecule has 4 heteroatoms. The molecule has 4 nitrogen and oxygen atoms in total. The summed E-state index contributed by atoms with van der Waals surface area (Å²) in [5, 5.41) is 0. The first-order chi connectivity index (χ1) is 12.1. The number of likely N-dealkylation sites (tertiary alicyclic amines) is 2. The molecule has 0 bridgehead atoms. The van der Waals surface area contributed by atoms with E-state index < -0.39 is 0 Å². The molecule has 1 aromatic rings. The lowest BCUT2D eigenvalue weighted by molar-refractivity contribution is 0.0775. The van der Waals surface area contributed by atoms with Gasteiger partial charge in [-0.2, -0.15) is 0 Å². The predicted molar refractivity (Wildman–Crippen MR) is 101 cm³/mol. The van der Waals surface area contributed by atoms with Crippen molar-refractivity contribution in [3.05, 3.63) is 29.8 Å². The van der Waals surface area contributed by atoms with Gasteiger partial charge in [0.25, 0.3) is 0 Å². The third-order valence-electron chi connectivity index (χ3n) is 5.38. The summed E-state index contributed by atoms with van der Waals surface area (Å²) in [4.78, 5) is 17.5. The molecule has 0 unspecified atom stereocenters. The Kier molecular flexibility index (Phi) is 6.49. The average Bonchev–Trinajstić information content (AvgIpc) is 2.63. The third kappa shape index (κ3) is 5.29. The Morgan fingerprint density at radius 3 is 2.28 bits per heavy atom. The number of ether oxygens (including phenoxy) is 1. The highest BCUT2D eigenvalue weighted by Crippen LogP contribution is 2.21. The van der Waals surface area contributed by atoms with E-state index in [1.54, 1.807) is 0 Å². The van der Waals surface area contributed by atoms with Gasteiger partial charge in [-0.15, -0.1) is 0 Å². The molecular weight excluding hydrogens is 312 g/mol. The molecule has 2 heterocycles. The van der Waals surface area contributed by atoms with Gasteiger partial charge in [0.1, 0.15) is 5.75 Å². The zero-order chi connectivity index (χ0) is 17.6. The van der Waals surface area contributed by atoms with Crippen LogP contribution in [0.25, 0.3) is 0 Å². The molecule has 1 aromatic carbocycles. The van der Waals surface area contributed by atoms with Crippen molar-refractivity contribution >= 4 is 5.78 Å². The molecule has 2 aliphatic rings. The minimum absolute atomic E-state index is 0.155. The third-order valence-corrected chi connectivity index (χ3v) is 5.38.